The summed E-state index contributed by atoms with van der Waals surface area (Å²) in [6, 6.07) is 4.19. The maximum absolute atomic E-state index is 13.5. The van der Waals surface area contributed by atoms with Crippen molar-refractivity contribution in [3.8, 4) is 0 Å². The second-order valence-electron chi connectivity index (χ2n) is 5.42. The summed E-state index contributed by atoms with van der Waals surface area (Å²) in [6.45, 7) is 5.39. The molecule has 4 nitrogen and oxygen atoms in total. The number of halogens is 1. The van der Waals surface area contributed by atoms with E-state index in [9.17, 15) is 9.18 Å². The summed E-state index contributed by atoms with van der Waals surface area (Å²) < 4.78 is 23.5. The number of benzene rings is 1. The molecule has 1 fully saturated rings. The largest absolute Gasteiger partial charge is 0.465 e. The predicted octanol–water partition coefficient (Wildman–Crippen LogP) is 2.45. The SMILES string of the molecule is COC(=O)c1cc(F)cc(N[C@@H]2COCC2(C)C)c1. The highest BCUT2D eigenvalue weighted by atomic mass is 19.1. The zero-order chi connectivity index (χ0) is 14.0. The van der Waals surface area contributed by atoms with Gasteiger partial charge in [-0.1, -0.05) is 13.8 Å². The second kappa shape index (κ2) is 5.17. The minimum Gasteiger partial charge on any atom is -0.465 e. The minimum absolute atomic E-state index is 0.0300. The zero-order valence-corrected chi connectivity index (χ0v) is 11.3. The molecule has 0 aliphatic carbocycles. The summed E-state index contributed by atoms with van der Waals surface area (Å²) in [7, 11) is 1.27. The summed E-state index contributed by atoms with van der Waals surface area (Å²) in [5.74, 6) is -1.02. The van der Waals surface area contributed by atoms with E-state index in [1.54, 1.807) is 6.07 Å². The summed E-state index contributed by atoms with van der Waals surface area (Å²) in [5.41, 5.74) is 0.725. The molecule has 0 aromatic heterocycles. The van der Waals surface area contributed by atoms with Crippen LogP contribution in [0.1, 0.15) is 24.2 Å². The Labute approximate surface area is 111 Å². The molecule has 0 unspecified atom stereocenters. The monoisotopic (exact) mass is 267 g/mol. The molecule has 1 aromatic rings. The normalized spacial score (nSPS) is 21.2. The molecule has 0 radical (unpaired) electrons. The van der Waals surface area contributed by atoms with Gasteiger partial charge in [0.15, 0.2) is 0 Å². The van der Waals surface area contributed by atoms with E-state index in [-0.39, 0.29) is 17.0 Å². The molecule has 19 heavy (non-hydrogen) atoms. The molecule has 0 amide bonds. The van der Waals surface area contributed by atoms with Crippen molar-refractivity contribution in [2.45, 2.75) is 19.9 Å². The van der Waals surface area contributed by atoms with Crippen molar-refractivity contribution in [1.29, 1.82) is 0 Å². The van der Waals surface area contributed by atoms with Crippen LogP contribution >= 0.6 is 0 Å². The predicted molar refractivity (Wildman–Crippen MR) is 69.8 cm³/mol. The number of esters is 1. The van der Waals surface area contributed by atoms with E-state index in [0.717, 1.165) is 6.07 Å². The molecule has 1 saturated heterocycles. The highest BCUT2D eigenvalue weighted by Gasteiger charge is 2.35. The Bertz CT molecular complexity index is 488. The smallest absolute Gasteiger partial charge is 0.338 e. The van der Waals surface area contributed by atoms with Gasteiger partial charge in [-0.25, -0.2) is 9.18 Å². The fourth-order valence-electron chi connectivity index (χ4n) is 2.11. The summed E-state index contributed by atoms with van der Waals surface area (Å²) in [5, 5.41) is 3.22. The third-order valence-corrected chi connectivity index (χ3v) is 3.36. The van der Waals surface area contributed by atoms with Crippen LogP contribution in [0.15, 0.2) is 18.2 Å². The first-order valence-corrected chi connectivity index (χ1v) is 6.15. The van der Waals surface area contributed by atoms with Gasteiger partial charge in [0, 0.05) is 11.1 Å². The summed E-state index contributed by atoms with van der Waals surface area (Å²) in [6.07, 6.45) is 0. The molecule has 104 valence electrons. The quantitative estimate of drug-likeness (QED) is 0.855. The van der Waals surface area contributed by atoms with Gasteiger partial charge >= 0.3 is 5.97 Å². The standard InChI is InChI=1S/C14H18FNO3/c1-14(2)8-19-7-12(14)16-11-5-9(13(17)18-3)4-10(15)6-11/h4-6,12,16H,7-8H2,1-3H3/t12-/m1/s1. The molecule has 1 N–H and O–H groups in total. The van der Waals surface area contributed by atoms with E-state index in [2.05, 4.69) is 23.9 Å². The molecule has 0 saturated carbocycles. The molecule has 1 aliphatic rings. The minimum atomic E-state index is -0.551. The average Bonchev–Trinajstić information content (AvgIpc) is 2.67. The third-order valence-electron chi connectivity index (χ3n) is 3.36. The summed E-state index contributed by atoms with van der Waals surface area (Å²) in [4.78, 5) is 11.4. The lowest BCUT2D eigenvalue weighted by atomic mass is 9.88. The molecule has 5 heteroatoms. The molecular weight excluding hydrogens is 249 g/mol. The van der Waals surface area contributed by atoms with Crippen molar-refractivity contribution in [3.63, 3.8) is 0 Å². The fourth-order valence-corrected chi connectivity index (χ4v) is 2.11. The van der Waals surface area contributed by atoms with Gasteiger partial charge < -0.3 is 14.8 Å². The third kappa shape index (κ3) is 3.04. The van der Waals surface area contributed by atoms with E-state index in [1.165, 1.54) is 13.2 Å². The molecule has 1 heterocycles. The zero-order valence-electron chi connectivity index (χ0n) is 11.3. The number of ether oxygens (including phenoxy) is 2. The van der Waals surface area contributed by atoms with Gasteiger partial charge in [-0.3, -0.25) is 0 Å². The first-order valence-electron chi connectivity index (χ1n) is 6.15. The number of hydrogen-bond donors (Lipinski definition) is 1. The Balaban J connectivity index is 2.21. The number of carbonyl (C=O) groups excluding carboxylic acids is 1. The first kappa shape index (κ1) is 13.8. The lowest BCUT2D eigenvalue weighted by Gasteiger charge is -2.26. The average molecular weight is 267 g/mol. The Kier molecular flexibility index (Phi) is 3.75. The van der Waals surface area contributed by atoms with Crippen molar-refractivity contribution in [1.82, 2.24) is 0 Å². The fraction of sp³-hybridized carbons (Fsp3) is 0.500. The molecule has 2 rings (SSSR count). The highest BCUT2D eigenvalue weighted by molar-refractivity contribution is 5.90. The molecular formula is C14H18FNO3. The van der Waals surface area contributed by atoms with Gasteiger partial charge in [0.2, 0.25) is 0 Å². The number of anilines is 1. The summed E-state index contributed by atoms with van der Waals surface area (Å²) >= 11 is 0. The molecule has 1 aliphatic heterocycles. The Hall–Kier alpha value is -1.62. The van der Waals surface area contributed by atoms with Crippen LogP contribution in [-0.4, -0.2) is 32.3 Å². The highest BCUT2D eigenvalue weighted by Crippen LogP contribution is 2.30. The molecule has 1 aromatic carbocycles. The van der Waals surface area contributed by atoms with E-state index in [4.69, 9.17) is 4.74 Å². The van der Waals surface area contributed by atoms with Crippen LogP contribution in [0.25, 0.3) is 0 Å². The number of hydrogen-bond acceptors (Lipinski definition) is 4. The van der Waals surface area contributed by atoms with Crippen LogP contribution in [0.2, 0.25) is 0 Å². The van der Waals surface area contributed by atoms with E-state index in [0.29, 0.717) is 18.9 Å². The van der Waals surface area contributed by atoms with Crippen LogP contribution in [-0.2, 0) is 9.47 Å². The van der Waals surface area contributed by atoms with Gasteiger partial charge in [0.25, 0.3) is 0 Å². The lowest BCUT2D eigenvalue weighted by Crippen LogP contribution is -2.34. The lowest BCUT2D eigenvalue weighted by molar-refractivity contribution is 0.0600. The van der Waals surface area contributed by atoms with Gasteiger partial charge in [-0.05, 0) is 18.2 Å². The maximum Gasteiger partial charge on any atom is 0.338 e. The van der Waals surface area contributed by atoms with Crippen molar-refractivity contribution in [3.05, 3.63) is 29.6 Å². The topological polar surface area (TPSA) is 47.6 Å². The van der Waals surface area contributed by atoms with Crippen molar-refractivity contribution in [2.24, 2.45) is 5.41 Å². The van der Waals surface area contributed by atoms with Crippen LogP contribution in [0, 0.1) is 11.2 Å². The van der Waals surface area contributed by atoms with Crippen LogP contribution in [0.4, 0.5) is 10.1 Å². The molecule has 1 atom stereocenters. The van der Waals surface area contributed by atoms with Gasteiger partial charge in [-0.2, -0.15) is 0 Å². The van der Waals surface area contributed by atoms with Crippen molar-refractivity contribution in [2.75, 3.05) is 25.6 Å². The van der Waals surface area contributed by atoms with Crippen LogP contribution in [0.3, 0.4) is 0 Å². The van der Waals surface area contributed by atoms with Crippen molar-refractivity contribution < 1.29 is 18.7 Å². The van der Waals surface area contributed by atoms with E-state index < -0.39 is 11.8 Å². The second-order valence-corrected chi connectivity index (χ2v) is 5.42. The Morgan fingerprint density at radius 3 is 2.79 bits per heavy atom. The van der Waals surface area contributed by atoms with E-state index >= 15 is 0 Å². The number of methoxy groups -OCH3 is 1. The number of carbonyl (C=O) groups is 1. The Morgan fingerprint density at radius 1 is 1.47 bits per heavy atom. The number of nitrogens with one attached hydrogen (secondary N) is 1. The van der Waals surface area contributed by atoms with Crippen molar-refractivity contribution >= 4 is 11.7 Å². The van der Waals surface area contributed by atoms with E-state index in [1.807, 2.05) is 0 Å². The maximum atomic E-state index is 13.5. The van der Waals surface area contributed by atoms with Gasteiger partial charge in [-0.15, -0.1) is 0 Å². The van der Waals surface area contributed by atoms with Crippen LogP contribution < -0.4 is 5.32 Å². The van der Waals surface area contributed by atoms with Gasteiger partial charge in [0.05, 0.1) is 31.9 Å². The first-order chi connectivity index (χ1) is 8.92. The Morgan fingerprint density at radius 2 is 2.21 bits per heavy atom. The molecule has 0 spiro atoms. The number of rotatable bonds is 3. The van der Waals surface area contributed by atoms with Crippen LogP contribution in [0.5, 0.6) is 0 Å². The van der Waals surface area contributed by atoms with Gasteiger partial charge in [0.1, 0.15) is 5.82 Å². The molecule has 0 bridgehead atoms.